The third-order valence-corrected chi connectivity index (χ3v) is 6.84. The van der Waals surface area contributed by atoms with Crippen LogP contribution in [-0.2, 0) is 22.9 Å². The van der Waals surface area contributed by atoms with Crippen molar-refractivity contribution in [3.8, 4) is 0 Å². The lowest BCUT2D eigenvalue weighted by molar-refractivity contribution is 0.204. The molecular weight excluding hydrogens is 350 g/mol. The van der Waals surface area contributed by atoms with Crippen LogP contribution in [0.1, 0.15) is 56.4 Å². The highest BCUT2D eigenvalue weighted by atomic mass is 32.2. The van der Waals surface area contributed by atoms with E-state index in [2.05, 4.69) is 22.3 Å². The monoisotopic (exact) mass is 377 g/mol. The van der Waals surface area contributed by atoms with Crippen LogP contribution in [0.4, 0.5) is 0 Å². The molecule has 7 heteroatoms. The van der Waals surface area contributed by atoms with Crippen LogP contribution in [0.2, 0.25) is 0 Å². The number of piperidine rings is 1. The van der Waals surface area contributed by atoms with E-state index in [0.717, 1.165) is 25.7 Å². The van der Waals surface area contributed by atoms with E-state index < -0.39 is 10.0 Å². The first-order valence-electron chi connectivity index (χ1n) is 9.31. The van der Waals surface area contributed by atoms with Gasteiger partial charge in [0.25, 0.3) is 0 Å². The number of aryl methyl sites for hydroxylation is 2. The van der Waals surface area contributed by atoms with Crippen LogP contribution >= 0.6 is 0 Å². The number of benzene rings is 1. The fourth-order valence-corrected chi connectivity index (χ4v) is 5.43. The van der Waals surface area contributed by atoms with E-state index in [1.165, 1.54) is 5.56 Å². The van der Waals surface area contributed by atoms with Crippen LogP contribution in [0.5, 0.6) is 0 Å². The highest BCUT2D eigenvalue weighted by Gasteiger charge is 2.36. The summed E-state index contributed by atoms with van der Waals surface area (Å²) in [4.78, 5) is 4.51. The molecule has 0 unspecified atom stereocenters. The smallest absolute Gasteiger partial charge is 0.245 e. The molecule has 0 spiro atoms. The number of rotatable bonds is 7. The van der Waals surface area contributed by atoms with Gasteiger partial charge >= 0.3 is 0 Å². The Kier molecular flexibility index (Phi) is 6.09. The molecule has 0 amide bonds. The molecule has 142 valence electrons. The van der Waals surface area contributed by atoms with Gasteiger partial charge in [-0.15, -0.1) is 0 Å². The molecule has 1 atom stereocenters. The zero-order chi connectivity index (χ0) is 18.6. The molecular formula is C19H27N3O3S. The molecule has 0 bridgehead atoms. The van der Waals surface area contributed by atoms with E-state index in [9.17, 15) is 8.42 Å². The van der Waals surface area contributed by atoms with Gasteiger partial charge in [-0.2, -0.15) is 9.29 Å². The molecule has 3 rings (SSSR count). The van der Waals surface area contributed by atoms with Crippen molar-refractivity contribution in [2.75, 3.05) is 12.3 Å². The summed E-state index contributed by atoms with van der Waals surface area (Å²) in [6, 6.07) is 9.83. The second kappa shape index (κ2) is 8.31. The molecule has 0 N–H and O–H groups in total. The summed E-state index contributed by atoms with van der Waals surface area (Å²) in [6.45, 7) is 4.37. The van der Waals surface area contributed by atoms with Crippen molar-refractivity contribution >= 4 is 10.0 Å². The Bertz CT molecular complexity index is 802. The Hall–Kier alpha value is -1.73. The Labute approximate surface area is 155 Å². The van der Waals surface area contributed by atoms with E-state index in [1.54, 1.807) is 4.31 Å². The Morgan fingerprint density at radius 1 is 1.19 bits per heavy atom. The van der Waals surface area contributed by atoms with Crippen molar-refractivity contribution in [1.29, 1.82) is 0 Å². The lowest BCUT2D eigenvalue weighted by Gasteiger charge is -2.32. The molecule has 0 saturated carbocycles. The second-order valence-electron chi connectivity index (χ2n) is 7.33. The fourth-order valence-electron chi connectivity index (χ4n) is 3.41. The van der Waals surface area contributed by atoms with Crippen LogP contribution in [-0.4, -0.2) is 35.2 Å². The molecule has 1 saturated heterocycles. The first-order chi connectivity index (χ1) is 12.5. The van der Waals surface area contributed by atoms with Crippen LogP contribution < -0.4 is 0 Å². The largest absolute Gasteiger partial charge is 0.338 e. The van der Waals surface area contributed by atoms with E-state index in [1.807, 2.05) is 32.0 Å². The molecule has 1 aliphatic rings. The number of hydrogen-bond acceptors (Lipinski definition) is 5. The van der Waals surface area contributed by atoms with Crippen LogP contribution in [0.3, 0.4) is 0 Å². The SMILES string of the molecule is CC(C)CS(=O)(=O)N1CCCC[C@H]1c1nc(CCc2ccccc2)no1. The standard InChI is InChI=1S/C19H27N3O3S/c1-15(2)14-26(23,24)22-13-7-6-10-17(22)19-20-18(21-25-19)12-11-16-8-4-3-5-9-16/h3-5,8-9,15,17H,6-7,10-14H2,1-2H3/t17-/m0/s1. The average Bonchev–Trinajstić information content (AvgIpc) is 3.09. The fraction of sp³-hybridized carbons (Fsp3) is 0.579. The van der Waals surface area contributed by atoms with Gasteiger partial charge in [-0.1, -0.05) is 55.8 Å². The van der Waals surface area contributed by atoms with Gasteiger partial charge in [0.15, 0.2) is 5.82 Å². The first-order valence-corrected chi connectivity index (χ1v) is 10.9. The minimum atomic E-state index is -3.32. The van der Waals surface area contributed by atoms with Gasteiger partial charge in [-0.05, 0) is 30.7 Å². The number of sulfonamides is 1. The van der Waals surface area contributed by atoms with Gasteiger partial charge in [0.05, 0.1) is 5.75 Å². The maximum atomic E-state index is 12.7. The van der Waals surface area contributed by atoms with Crippen molar-refractivity contribution in [2.24, 2.45) is 5.92 Å². The maximum Gasteiger partial charge on any atom is 0.245 e. The molecule has 1 fully saturated rings. The van der Waals surface area contributed by atoms with Crippen LogP contribution in [0, 0.1) is 5.92 Å². The minimum absolute atomic E-state index is 0.0895. The summed E-state index contributed by atoms with van der Waals surface area (Å²) < 4.78 is 32.5. The molecule has 1 aromatic carbocycles. The number of aromatic nitrogens is 2. The van der Waals surface area contributed by atoms with Gasteiger partial charge in [-0.25, -0.2) is 8.42 Å². The van der Waals surface area contributed by atoms with E-state index >= 15 is 0 Å². The third-order valence-electron chi connectivity index (χ3n) is 4.60. The van der Waals surface area contributed by atoms with Gasteiger partial charge in [0.2, 0.25) is 15.9 Å². The quantitative estimate of drug-likeness (QED) is 0.739. The number of nitrogens with zero attached hydrogens (tertiary/aromatic N) is 3. The van der Waals surface area contributed by atoms with Gasteiger partial charge in [-0.3, -0.25) is 0 Å². The van der Waals surface area contributed by atoms with Crippen molar-refractivity contribution in [1.82, 2.24) is 14.4 Å². The minimum Gasteiger partial charge on any atom is -0.338 e. The van der Waals surface area contributed by atoms with Gasteiger partial charge in [0, 0.05) is 13.0 Å². The molecule has 1 aromatic heterocycles. The Morgan fingerprint density at radius 3 is 2.69 bits per heavy atom. The summed E-state index contributed by atoms with van der Waals surface area (Å²) in [7, 11) is -3.32. The first kappa shape index (κ1) is 19.0. The molecule has 1 aliphatic heterocycles. The zero-order valence-corrected chi connectivity index (χ0v) is 16.3. The van der Waals surface area contributed by atoms with E-state index in [4.69, 9.17) is 4.52 Å². The summed E-state index contributed by atoms with van der Waals surface area (Å²) in [5.74, 6) is 1.31. The van der Waals surface area contributed by atoms with Gasteiger partial charge < -0.3 is 4.52 Å². The highest BCUT2D eigenvalue weighted by Crippen LogP contribution is 2.33. The van der Waals surface area contributed by atoms with Crippen LogP contribution in [0.25, 0.3) is 0 Å². The zero-order valence-electron chi connectivity index (χ0n) is 15.5. The topological polar surface area (TPSA) is 76.3 Å². The van der Waals surface area contributed by atoms with Crippen molar-refractivity contribution in [3.05, 3.63) is 47.6 Å². The van der Waals surface area contributed by atoms with Crippen molar-refractivity contribution in [3.63, 3.8) is 0 Å². The third kappa shape index (κ3) is 4.71. The van der Waals surface area contributed by atoms with E-state index in [0.29, 0.717) is 24.7 Å². The lowest BCUT2D eigenvalue weighted by Crippen LogP contribution is -2.40. The molecule has 0 radical (unpaired) electrons. The average molecular weight is 378 g/mol. The maximum absolute atomic E-state index is 12.7. The summed E-state index contributed by atoms with van der Waals surface area (Å²) in [5, 5.41) is 4.08. The summed E-state index contributed by atoms with van der Waals surface area (Å²) in [6.07, 6.45) is 4.10. The molecule has 26 heavy (non-hydrogen) atoms. The lowest BCUT2D eigenvalue weighted by atomic mass is 10.1. The summed E-state index contributed by atoms with van der Waals surface area (Å²) in [5.41, 5.74) is 1.22. The van der Waals surface area contributed by atoms with Crippen molar-refractivity contribution in [2.45, 2.75) is 52.0 Å². The normalized spacial score (nSPS) is 19.1. The Balaban J connectivity index is 1.71. The molecule has 6 nitrogen and oxygen atoms in total. The van der Waals surface area contributed by atoms with Crippen LogP contribution in [0.15, 0.2) is 34.9 Å². The predicted octanol–water partition coefficient (Wildman–Crippen LogP) is 3.37. The molecule has 2 aromatic rings. The van der Waals surface area contributed by atoms with Gasteiger partial charge in [0.1, 0.15) is 6.04 Å². The van der Waals surface area contributed by atoms with Crippen molar-refractivity contribution < 1.29 is 12.9 Å². The predicted molar refractivity (Wildman–Crippen MR) is 100 cm³/mol. The number of hydrogen-bond donors (Lipinski definition) is 0. The molecule has 2 heterocycles. The Morgan fingerprint density at radius 2 is 1.96 bits per heavy atom. The highest BCUT2D eigenvalue weighted by molar-refractivity contribution is 7.89. The van der Waals surface area contributed by atoms with E-state index in [-0.39, 0.29) is 17.7 Å². The summed E-state index contributed by atoms with van der Waals surface area (Å²) >= 11 is 0. The second-order valence-corrected chi connectivity index (χ2v) is 9.30. The molecule has 0 aliphatic carbocycles.